The SMILES string of the molecule is O=C(Cn1nc(-c2ccco2)ccc1=O)N1CCN(c2ccccc2F)CC1. The van der Waals surface area contributed by atoms with Gasteiger partial charge in [-0.1, -0.05) is 12.1 Å². The number of furan rings is 1. The topological polar surface area (TPSA) is 71.6 Å². The average molecular weight is 382 g/mol. The van der Waals surface area contributed by atoms with Crippen LogP contribution in [0, 0.1) is 5.82 Å². The van der Waals surface area contributed by atoms with E-state index in [9.17, 15) is 14.0 Å². The fourth-order valence-corrected chi connectivity index (χ4v) is 3.25. The van der Waals surface area contributed by atoms with E-state index in [-0.39, 0.29) is 23.8 Å². The maximum atomic E-state index is 13.9. The molecule has 3 heterocycles. The van der Waals surface area contributed by atoms with Crippen LogP contribution in [0.2, 0.25) is 0 Å². The summed E-state index contributed by atoms with van der Waals surface area (Å²) in [4.78, 5) is 28.3. The second-order valence-electron chi connectivity index (χ2n) is 6.51. The molecule has 0 saturated carbocycles. The lowest BCUT2D eigenvalue weighted by atomic mass is 10.2. The van der Waals surface area contributed by atoms with Crippen LogP contribution in [-0.2, 0) is 11.3 Å². The van der Waals surface area contributed by atoms with E-state index >= 15 is 0 Å². The number of aromatic nitrogens is 2. The van der Waals surface area contributed by atoms with E-state index < -0.39 is 0 Å². The van der Waals surface area contributed by atoms with Crippen LogP contribution in [0.3, 0.4) is 0 Å². The van der Waals surface area contributed by atoms with Gasteiger partial charge in [0.25, 0.3) is 5.56 Å². The molecule has 1 aromatic carbocycles. The molecule has 28 heavy (non-hydrogen) atoms. The van der Waals surface area contributed by atoms with E-state index in [1.165, 1.54) is 18.4 Å². The molecule has 1 aliphatic rings. The van der Waals surface area contributed by atoms with Crippen molar-refractivity contribution in [1.82, 2.24) is 14.7 Å². The summed E-state index contributed by atoms with van der Waals surface area (Å²) in [5, 5.41) is 4.23. The van der Waals surface area contributed by atoms with Crippen LogP contribution in [0.5, 0.6) is 0 Å². The molecule has 0 atom stereocenters. The van der Waals surface area contributed by atoms with Gasteiger partial charge in [-0.15, -0.1) is 0 Å². The minimum Gasteiger partial charge on any atom is -0.463 e. The number of carbonyl (C=O) groups excluding carboxylic acids is 1. The van der Waals surface area contributed by atoms with Gasteiger partial charge in [0.05, 0.1) is 12.0 Å². The first-order valence-electron chi connectivity index (χ1n) is 9.01. The van der Waals surface area contributed by atoms with Gasteiger partial charge >= 0.3 is 0 Å². The van der Waals surface area contributed by atoms with Gasteiger partial charge in [-0.2, -0.15) is 5.10 Å². The molecule has 1 saturated heterocycles. The number of amides is 1. The third-order valence-corrected chi connectivity index (χ3v) is 4.75. The van der Waals surface area contributed by atoms with Crippen molar-refractivity contribution in [3.05, 3.63) is 71.0 Å². The van der Waals surface area contributed by atoms with Gasteiger partial charge in [-0.25, -0.2) is 9.07 Å². The lowest BCUT2D eigenvalue weighted by molar-refractivity contribution is -0.132. The molecule has 0 aliphatic carbocycles. The van der Waals surface area contributed by atoms with Gasteiger partial charge in [0.1, 0.15) is 18.1 Å². The van der Waals surface area contributed by atoms with Gasteiger partial charge < -0.3 is 14.2 Å². The first kappa shape index (κ1) is 18.0. The second kappa shape index (κ2) is 7.67. The highest BCUT2D eigenvalue weighted by molar-refractivity contribution is 5.76. The molecular formula is C20H19FN4O3. The lowest BCUT2D eigenvalue weighted by Crippen LogP contribution is -2.50. The fraction of sp³-hybridized carbons (Fsp3) is 0.250. The molecular weight excluding hydrogens is 363 g/mol. The zero-order chi connectivity index (χ0) is 19.5. The zero-order valence-electron chi connectivity index (χ0n) is 15.1. The highest BCUT2D eigenvalue weighted by Gasteiger charge is 2.23. The van der Waals surface area contributed by atoms with Crippen LogP contribution in [0.25, 0.3) is 11.5 Å². The Balaban J connectivity index is 1.42. The largest absolute Gasteiger partial charge is 0.463 e. The van der Waals surface area contributed by atoms with Gasteiger partial charge in [0.15, 0.2) is 5.76 Å². The molecule has 7 nitrogen and oxygen atoms in total. The molecule has 0 unspecified atom stereocenters. The van der Waals surface area contributed by atoms with Crippen LogP contribution >= 0.6 is 0 Å². The standard InChI is InChI=1S/C20H19FN4O3/c21-15-4-1-2-5-17(15)23-9-11-24(12-10-23)20(27)14-25-19(26)8-7-16(22-25)18-6-3-13-28-18/h1-8,13H,9-12,14H2. The average Bonchev–Trinajstić information content (AvgIpc) is 3.25. The van der Waals surface area contributed by atoms with Crippen molar-refractivity contribution in [1.29, 1.82) is 0 Å². The van der Waals surface area contributed by atoms with Crippen molar-refractivity contribution in [3.63, 3.8) is 0 Å². The van der Waals surface area contributed by atoms with Crippen LogP contribution < -0.4 is 10.5 Å². The maximum Gasteiger partial charge on any atom is 0.267 e. The first-order chi connectivity index (χ1) is 13.6. The number of carbonyl (C=O) groups is 1. The molecule has 4 rings (SSSR count). The fourth-order valence-electron chi connectivity index (χ4n) is 3.25. The number of halogens is 1. The highest BCUT2D eigenvalue weighted by Crippen LogP contribution is 2.20. The van der Waals surface area contributed by atoms with E-state index in [2.05, 4.69) is 5.10 Å². The number of anilines is 1. The van der Waals surface area contributed by atoms with E-state index in [0.717, 1.165) is 4.68 Å². The summed E-state index contributed by atoms with van der Waals surface area (Å²) in [6, 6.07) is 13.0. The summed E-state index contributed by atoms with van der Waals surface area (Å²) < 4.78 is 20.4. The number of piperazine rings is 1. The van der Waals surface area contributed by atoms with E-state index in [1.807, 2.05) is 4.90 Å². The number of para-hydroxylation sites is 1. The summed E-state index contributed by atoms with van der Waals surface area (Å²) in [5.74, 6) is 0.0619. The van der Waals surface area contributed by atoms with Crippen molar-refractivity contribution < 1.29 is 13.6 Å². The second-order valence-corrected chi connectivity index (χ2v) is 6.51. The number of hydrogen-bond acceptors (Lipinski definition) is 5. The molecule has 1 aliphatic heterocycles. The van der Waals surface area contributed by atoms with Crippen LogP contribution in [-0.4, -0.2) is 46.8 Å². The van der Waals surface area contributed by atoms with Crippen LogP contribution in [0.1, 0.15) is 0 Å². The molecule has 1 fully saturated rings. The Morgan fingerprint density at radius 3 is 2.54 bits per heavy atom. The molecule has 2 aromatic heterocycles. The van der Waals surface area contributed by atoms with Crippen molar-refractivity contribution in [2.45, 2.75) is 6.54 Å². The first-order valence-corrected chi connectivity index (χ1v) is 9.01. The highest BCUT2D eigenvalue weighted by atomic mass is 19.1. The van der Waals surface area contributed by atoms with Crippen molar-refractivity contribution in [2.24, 2.45) is 0 Å². The summed E-state index contributed by atoms with van der Waals surface area (Å²) in [6.07, 6.45) is 1.52. The minimum atomic E-state index is -0.353. The molecule has 8 heteroatoms. The van der Waals surface area contributed by atoms with E-state index in [4.69, 9.17) is 4.42 Å². The zero-order valence-corrected chi connectivity index (χ0v) is 15.1. The number of rotatable bonds is 4. The molecule has 144 valence electrons. The van der Waals surface area contributed by atoms with Gasteiger partial charge in [0.2, 0.25) is 5.91 Å². The van der Waals surface area contributed by atoms with Gasteiger partial charge in [-0.05, 0) is 30.3 Å². The quantitative estimate of drug-likeness (QED) is 0.690. The predicted octanol–water partition coefficient (Wildman–Crippen LogP) is 1.99. The molecule has 3 aromatic rings. The Bertz CT molecular complexity index is 1020. The maximum absolute atomic E-state index is 13.9. The summed E-state index contributed by atoms with van der Waals surface area (Å²) in [5.41, 5.74) is 0.675. The summed E-state index contributed by atoms with van der Waals surface area (Å²) in [7, 11) is 0. The summed E-state index contributed by atoms with van der Waals surface area (Å²) in [6.45, 7) is 1.83. The Kier molecular flexibility index (Phi) is 4.92. The smallest absolute Gasteiger partial charge is 0.267 e. The third kappa shape index (κ3) is 3.66. The number of benzene rings is 1. The van der Waals surface area contributed by atoms with Gasteiger partial charge in [0, 0.05) is 32.2 Å². The molecule has 0 N–H and O–H groups in total. The molecule has 0 spiro atoms. The normalized spacial score (nSPS) is 14.3. The minimum absolute atomic E-state index is 0.146. The van der Waals surface area contributed by atoms with E-state index in [0.29, 0.717) is 43.3 Å². The summed E-state index contributed by atoms with van der Waals surface area (Å²) >= 11 is 0. The van der Waals surface area contributed by atoms with Crippen molar-refractivity contribution in [2.75, 3.05) is 31.1 Å². The van der Waals surface area contributed by atoms with Crippen LogP contribution in [0.4, 0.5) is 10.1 Å². The Morgan fingerprint density at radius 1 is 1.04 bits per heavy atom. The molecule has 0 radical (unpaired) electrons. The Labute approximate surface area is 160 Å². The van der Waals surface area contributed by atoms with Crippen LogP contribution in [0.15, 0.2) is 64.0 Å². The van der Waals surface area contributed by atoms with E-state index in [1.54, 1.807) is 41.3 Å². The molecule has 0 bridgehead atoms. The lowest BCUT2D eigenvalue weighted by Gasteiger charge is -2.36. The van der Waals surface area contributed by atoms with Gasteiger partial charge in [-0.3, -0.25) is 9.59 Å². The Hall–Kier alpha value is -3.42. The Morgan fingerprint density at radius 2 is 1.82 bits per heavy atom. The predicted molar refractivity (Wildman–Crippen MR) is 101 cm³/mol. The monoisotopic (exact) mass is 382 g/mol. The number of hydrogen-bond donors (Lipinski definition) is 0. The molecule has 1 amide bonds. The van der Waals surface area contributed by atoms with Crippen molar-refractivity contribution >= 4 is 11.6 Å². The third-order valence-electron chi connectivity index (χ3n) is 4.75. The van der Waals surface area contributed by atoms with Crippen molar-refractivity contribution in [3.8, 4) is 11.5 Å². The number of nitrogens with zero attached hydrogens (tertiary/aromatic N) is 4.